The van der Waals surface area contributed by atoms with Gasteiger partial charge in [0, 0.05) is 12.1 Å². The first kappa shape index (κ1) is 20.6. The Kier molecular flexibility index (Phi) is 10.5. The fourth-order valence-electron chi connectivity index (χ4n) is 1.36. The summed E-state index contributed by atoms with van der Waals surface area (Å²) in [5.74, 6) is -0.503. The first-order valence-corrected chi connectivity index (χ1v) is 8.80. The van der Waals surface area contributed by atoms with E-state index in [4.69, 9.17) is 13.8 Å². The average molecular weight is 336 g/mol. The lowest BCUT2D eigenvalue weighted by atomic mass is 10.4. The molecule has 0 aliphatic heterocycles. The zero-order valence-corrected chi connectivity index (χ0v) is 14.2. The summed E-state index contributed by atoms with van der Waals surface area (Å²) in [6.07, 6.45) is 0.0900. The molecule has 0 atom stereocenters. The lowest BCUT2D eigenvalue weighted by Crippen LogP contribution is -2.38. The molecule has 0 saturated heterocycles. The van der Waals surface area contributed by atoms with Gasteiger partial charge in [-0.2, -0.15) is 0 Å². The summed E-state index contributed by atoms with van der Waals surface area (Å²) in [5.41, 5.74) is 0.298. The number of carbonyl (C=O) groups excluding carboxylic acids is 2. The lowest BCUT2D eigenvalue weighted by Gasteiger charge is -2.17. The molecular weight excluding hydrogens is 311 g/mol. The molecule has 128 valence electrons. The summed E-state index contributed by atoms with van der Waals surface area (Å²) in [6.45, 7) is 9.33. The summed E-state index contributed by atoms with van der Waals surface area (Å²) < 4.78 is 27.1. The van der Waals surface area contributed by atoms with Crippen molar-refractivity contribution in [2.75, 3.05) is 39.1 Å². The van der Waals surface area contributed by atoms with Gasteiger partial charge in [-0.25, -0.2) is 9.59 Å². The van der Waals surface area contributed by atoms with Crippen molar-refractivity contribution in [1.29, 1.82) is 0 Å². The first-order chi connectivity index (χ1) is 10.3. The van der Waals surface area contributed by atoms with Crippen LogP contribution in [0.1, 0.15) is 20.8 Å². The zero-order valence-electron chi connectivity index (χ0n) is 13.3. The zero-order chi connectivity index (χ0) is 17.0. The molecule has 22 heavy (non-hydrogen) atoms. The van der Waals surface area contributed by atoms with Crippen LogP contribution in [0.15, 0.2) is 12.2 Å². The molecule has 0 aromatic heterocycles. The molecule has 2 N–H and O–H groups in total. The van der Waals surface area contributed by atoms with E-state index >= 15 is 0 Å². The van der Waals surface area contributed by atoms with E-state index in [-0.39, 0.29) is 39.1 Å². The number of hydrogen-bond donors (Lipinski definition) is 2. The Morgan fingerprint density at radius 2 is 1.64 bits per heavy atom. The Bertz CT molecular complexity index is 417. The van der Waals surface area contributed by atoms with Crippen LogP contribution < -0.4 is 10.6 Å². The van der Waals surface area contributed by atoms with Gasteiger partial charge in [0.1, 0.15) is 6.61 Å². The molecule has 0 rings (SSSR count). The second-order valence-electron chi connectivity index (χ2n) is 4.27. The van der Waals surface area contributed by atoms with Crippen LogP contribution in [0.25, 0.3) is 0 Å². The van der Waals surface area contributed by atoms with Crippen molar-refractivity contribution in [3.8, 4) is 0 Å². The molecule has 0 saturated carbocycles. The van der Waals surface area contributed by atoms with Gasteiger partial charge in [-0.3, -0.25) is 4.57 Å². The van der Waals surface area contributed by atoms with Gasteiger partial charge >= 0.3 is 19.6 Å². The number of carbonyl (C=O) groups is 2. The number of esters is 1. The summed E-state index contributed by atoms with van der Waals surface area (Å²) in [4.78, 5) is 22.6. The van der Waals surface area contributed by atoms with Crippen LogP contribution in [-0.2, 0) is 23.1 Å². The van der Waals surface area contributed by atoms with Gasteiger partial charge in [0.15, 0.2) is 0 Å². The van der Waals surface area contributed by atoms with Crippen LogP contribution in [0.5, 0.6) is 0 Å². The van der Waals surface area contributed by atoms with E-state index in [0.717, 1.165) is 0 Å². The summed E-state index contributed by atoms with van der Waals surface area (Å²) >= 11 is 0. The normalized spacial score (nSPS) is 10.9. The number of nitrogens with one attached hydrogen (secondary N) is 2. The Morgan fingerprint density at radius 1 is 1.09 bits per heavy atom. The molecule has 0 aliphatic carbocycles. The van der Waals surface area contributed by atoms with Crippen molar-refractivity contribution in [3.05, 3.63) is 12.2 Å². The van der Waals surface area contributed by atoms with Crippen LogP contribution in [-0.4, -0.2) is 51.1 Å². The number of amides is 2. The molecule has 8 nitrogen and oxygen atoms in total. The molecule has 0 aromatic rings. The van der Waals surface area contributed by atoms with Gasteiger partial charge in [-0.05, 0) is 20.8 Å². The predicted octanol–water partition coefficient (Wildman–Crippen LogP) is 1.67. The molecule has 9 heteroatoms. The van der Waals surface area contributed by atoms with E-state index in [1.54, 1.807) is 13.8 Å². The number of urea groups is 1. The van der Waals surface area contributed by atoms with Gasteiger partial charge in [-0.1, -0.05) is 6.58 Å². The minimum atomic E-state index is -3.15. The van der Waals surface area contributed by atoms with E-state index in [1.807, 2.05) is 0 Å². The van der Waals surface area contributed by atoms with E-state index in [0.29, 0.717) is 5.57 Å². The molecular formula is C13H25N2O6P. The maximum absolute atomic E-state index is 12.1. The van der Waals surface area contributed by atoms with E-state index < -0.39 is 19.6 Å². The van der Waals surface area contributed by atoms with Crippen LogP contribution in [0.3, 0.4) is 0 Å². The minimum absolute atomic E-state index is 0.0511. The second kappa shape index (κ2) is 11.2. The van der Waals surface area contributed by atoms with Crippen LogP contribution >= 0.6 is 7.60 Å². The number of hydrogen-bond acceptors (Lipinski definition) is 6. The van der Waals surface area contributed by atoms with Crippen LogP contribution in [0.4, 0.5) is 4.79 Å². The van der Waals surface area contributed by atoms with Crippen molar-refractivity contribution in [2.45, 2.75) is 20.8 Å². The molecule has 0 aliphatic rings. The molecule has 0 bridgehead atoms. The Morgan fingerprint density at radius 3 is 2.14 bits per heavy atom. The third-order valence-corrected chi connectivity index (χ3v) is 4.37. The fraction of sp³-hybridized carbons (Fsp3) is 0.692. The minimum Gasteiger partial charge on any atom is -0.460 e. The van der Waals surface area contributed by atoms with E-state index in [9.17, 15) is 14.2 Å². The Labute approximate surface area is 131 Å². The molecule has 0 radical (unpaired) electrons. The summed E-state index contributed by atoms with van der Waals surface area (Å²) in [7, 11) is -3.15. The third kappa shape index (κ3) is 9.55. The predicted molar refractivity (Wildman–Crippen MR) is 82.9 cm³/mol. The molecule has 2 amide bonds. The lowest BCUT2D eigenvalue weighted by molar-refractivity contribution is -0.138. The summed E-state index contributed by atoms with van der Waals surface area (Å²) in [5, 5.41) is 5.02. The van der Waals surface area contributed by atoms with Crippen molar-refractivity contribution in [2.24, 2.45) is 0 Å². The van der Waals surface area contributed by atoms with E-state index in [2.05, 4.69) is 17.2 Å². The average Bonchev–Trinajstić information content (AvgIpc) is 2.43. The highest BCUT2D eigenvalue weighted by atomic mass is 31.2. The van der Waals surface area contributed by atoms with Crippen molar-refractivity contribution < 1.29 is 27.9 Å². The Hall–Kier alpha value is -1.37. The van der Waals surface area contributed by atoms with Crippen LogP contribution in [0.2, 0.25) is 0 Å². The molecule has 0 fully saturated rings. The largest absolute Gasteiger partial charge is 0.460 e. The van der Waals surface area contributed by atoms with Crippen molar-refractivity contribution in [1.82, 2.24) is 10.6 Å². The topological polar surface area (TPSA) is 103 Å². The monoisotopic (exact) mass is 336 g/mol. The smallest absolute Gasteiger partial charge is 0.333 e. The molecule has 0 aromatic carbocycles. The van der Waals surface area contributed by atoms with Crippen molar-refractivity contribution in [3.63, 3.8) is 0 Å². The molecule has 0 heterocycles. The second-order valence-corrected chi connectivity index (χ2v) is 6.45. The highest BCUT2D eigenvalue weighted by Gasteiger charge is 2.22. The van der Waals surface area contributed by atoms with Crippen molar-refractivity contribution >= 4 is 19.6 Å². The summed E-state index contributed by atoms with van der Waals surface area (Å²) in [6, 6.07) is -0.453. The molecule has 0 spiro atoms. The maximum Gasteiger partial charge on any atom is 0.333 e. The highest BCUT2D eigenvalue weighted by Crippen LogP contribution is 2.47. The Balaban J connectivity index is 3.87. The number of rotatable bonds is 11. The number of ether oxygens (including phenoxy) is 1. The van der Waals surface area contributed by atoms with E-state index in [1.165, 1.54) is 6.92 Å². The standard InChI is InChI=1S/C13H25N2O6P/c1-5-20-22(18,21-6-2)10-8-15-13(17)14-7-9-19-12(16)11(3)4/h3,5-10H2,1-2,4H3,(H2,14,15,17). The maximum atomic E-state index is 12.1. The third-order valence-electron chi connectivity index (χ3n) is 2.29. The van der Waals surface area contributed by atoms with Gasteiger partial charge in [-0.15, -0.1) is 0 Å². The first-order valence-electron chi connectivity index (χ1n) is 7.07. The van der Waals surface area contributed by atoms with Crippen LogP contribution in [0, 0.1) is 0 Å². The quantitative estimate of drug-likeness (QED) is 0.257. The van der Waals surface area contributed by atoms with Gasteiger partial charge in [0.2, 0.25) is 0 Å². The highest BCUT2D eigenvalue weighted by molar-refractivity contribution is 7.53. The van der Waals surface area contributed by atoms with Gasteiger partial charge < -0.3 is 24.4 Å². The van der Waals surface area contributed by atoms with Gasteiger partial charge in [0.05, 0.1) is 25.9 Å². The van der Waals surface area contributed by atoms with Gasteiger partial charge in [0.25, 0.3) is 0 Å². The fourth-order valence-corrected chi connectivity index (χ4v) is 2.87. The molecule has 0 unspecified atom stereocenters. The SMILES string of the molecule is C=C(C)C(=O)OCCNC(=O)NCCP(=O)(OCC)OCC.